The minimum absolute atomic E-state index is 0.0598. The number of rotatable bonds is 6. The summed E-state index contributed by atoms with van der Waals surface area (Å²) >= 11 is 0. The number of sulfonamides is 1. The van der Waals surface area contributed by atoms with Crippen LogP contribution in [0.5, 0.6) is 5.75 Å². The molecule has 0 spiro atoms. The van der Waals surface area contributed by atoms with Crippen molar-refractivity contribution in [2.45, 2.75) is 68.2 Å². The van der Waals surface area contributed by atoms with E-state index in [0.29, 0.717) is 30.2 Å². The first-order valence-electron chi connectivity index (χ1n) is 11.8. The summed E-state index contributed by atoms with van der Waals surface area (Å²) in [6.45, 7) is 0.952. The van der Waals surface area contributed by atoms with Gasteiger partial charge in [-0.25, -0.2) is 8.42 Å². The van der Waals surface area contributed by atoms with Gasteiger partial charge in [0.1, 0.15) is 5.75 Å². The van der Waals surface area contributed by atoms with E-state index in [9.17, 15) is 13.2 Å². The first-order valence-corrected chi connectivity index (χ1v) is 13.2. The quantitative estimate of drug-likeness (QED) is 0.725. The van der Waals surface area contributed by atoms with Crippen molar-refractivity contribution in [1.29, 1.82) is 0 Å². The average Bonchev–Trinajstić information content (AvgIpc) is 2.72. The molecule has 0 aromatic heterocycles. The molecule has 1 amide bonds. The molecule has 0 atom stereocenters. The largest absolute Gasteiger partial charge is 0.497 e. The van der Waals surface area contributed by atoms with Gasteiger partial charge in [0.2, 0.25) is 15.9 Å². The molecule has 1 aromatic carbocycles. The summed E-state index contributed by atoms with van der Waals surface area (Å²) in [6, 6.07) is 6.54. The zero-order chi connectivity index (χ0) is 21.6. The van der Waals surface area contributed by atoms with E-state index < -0.39 is 10.0 Å². The van der Waals surface area contributed by atoms with Crippen molar-refractivity contribution in [1.82, 2.24) is 9.62 Å². The number of nitrogens with zero attached hydrogens (tertiary/aromatic N) is 1. The van der Waals surface area contributed by atoms with Gasteiger partial charge in [-0.05, 0) is 99.3 Å². The number of amides is 1. The molecule has 5 fully saturated rings. The van der Waals surface area contributed by atoms with Crippen LogP contribution in [0.25, 0.3) is 0 Å². The Morgan fingerprint density at radius 3 is 2.10 bits per heavy atom. The van der Waals surface area contributed by atoms with Gasteiger partial charge in [0.25, 0.3) is 0 Å². The summed E-state index contributed by atoms with van der Waals surface area (Å²) in [5.41, 5.74) is 0.0598. The Bertz CT molecular complexity index is 884. The smallest absolute Gasteiger partial charge is 0.243 e. The molecule has 7 heteroatoms. The van der Waals surface area contributed by atoms with Gasteiger partial charge in [0.15, 0.2) is 0 Å². The maximum absolute atomic E-state index is 12.9. The highest BCUT2D eigenvalue weighted by molar-refractivity contribution is 7.89. The highest BCUT2D eigenvalue weighted by Gasteiger charge is 2.51. The fourth-order valence-electron chi connectivity index (χ4n) is 7.12. The van der Waals surface area contributed by atoms with E-state index in [0.717, 1.165) is 30.6 Å². The summed E-state index contributed by atoms with van der Waals surface area (Å²) in [4.78, 5) is 13.2. The first-order chi connectivity index (χ1) is 14.8. The van der Waals surface area contributed by atoms with Crippen LogP contribution in [0.15, 0.2) is 29.2 Å². The van der Waals surface area contributed by atoms with Gasteiger partial charge in [-0.3, -0.25) is 4.79 Å². The molecule has 0 radical (unpaired) electrons. The number of hydrogen-bond donors (Lipinski definition) is 1. The number of nitrogens with one attached hydrogen (secondary N) is 1. The van der Waals surface area contributed by atoms with Gasteiger partial charge in [0, 0.05) is 25.0 Å². The topological polar surface area (TPSA) is 75.7 Å². The Morgan fingerprint density at radius 2 is 1.58 bits per heavy atom. The standard InChI is InChI=1S/C24H34N2O4S/c1-30-21-2-4-22(5-3-21)31(28,29)26-8-6-17(7-9-26)13-23(27)25-24-14-18-10-19(15-24)12-20(11-18)16-24/h2-5,17-20H,6-16H2,1H3,(H,25,27). The molecule has 31 heavy (non-hydrogen) atoms. The molecule has 1 aromatic rings. The third-order valence-electron chi connectivity index (χ3n) is 8.19. The number of methoxy groups -OCH3 is 1. The average molecular weight is 447 g/mol. The van der Waals surface area contributed by atoms with Crippen molar-refractivity contribution in [3.05, 3.63) is 24.3 Å². The highest BCUT2D eigenvalue weighted by Crippen LogP contribution is 2.55. The summed E-state index contributed by atoms with van der Waals surface area (Å²) in [5, 5.41) is 3.47. The van der Waals surface area contributed by atoms with Crippen LogP contribution in [0, 0.1) is 23.7 Å². The monoisotopic (exact) mass is 446 g/mol. The van der Waals surface area contributed by atoms with E-state index in [2.05, 4.69) is 5.32 Å². The highest BCUT2D eigenvalue weighted by atomic mass is 32.2. The van der Waals surface area contributed by atoms with E-state index in [4.69, 9.17) is 4.74 Å². The molecular formula is C24H34N2O4S. The minimum Gasteiger partial charge on any atom is -0.497 e. The molecule has 6 rings (SSSR count). The molecule has 1 N–H and O–H groups in total. The van der Waals surface area contributed by atoms with Crippen molar-refractivity contribution in [3.63, 3.8) is 0 Å². The molecule has 170 valence electrons. The van der Waals surface area contributed by atoms with Crippen molar-refractivity contribution in [3.8, 4) is 5.75 Å². The second-order valence-electron chi connectivity index (χ2n) is 10.5. The number of benzene rings is 1. The number of carbonyl (C=O) groups excluding carboxylic acids is 1. The van der Waals surface area contributed by atoms with E-state index in [-0.39, 0.29) is 17.4 Å². The van der Waals surface area contributed by atoms with Crippen molar-refractivity contribution in [2.24, 2.45) is 23.7 Å². The number of carbonyl (C=O) groups is 1. The Labute approximate surface area is 185 Å². The van der Waals surface area contributed by atoms with Crippen molar-refractivity contribution >= 4 is 15.9 Å². The van der Waals surface area contributed by atoms with Gasteiger partial charge in [-0.1, -0.05) is 0 Å². The molecular weight excluding hydrogens is 412 g/mol. The number of ether oxygens (including phenoxy) is 1. The third-order valence-corrected chi connectivity index (χ3v) is 10.1. The normalized spacial score (nSPS) is 33.4. The van der Waals surface area contributed by atoms with Crippen LogP contribution >= 0.6 is 0 Å². The van der Waals surface area contributed by atoms with Gasteiger partial charge in [-0.15, -0.1) is 0 Å². The minimum atomic E-state index is -3.50. The molecule has 4 saturated carbocycles. The van der Waals surface area contributed by atoms with Gasteiger partial charge in [-0.2, -0.15) is 4.31 Å². The molecule has 4 bridgehead atoms. The predicted molar refractivity (Wildman–Crippen MR) is 118 cm³/mol. The Morgan fingerprint density at radius 1 is 1.03 bits per heavy atom. The van der Waals surface area contributed by atoms with Crippen LogP contribution < -0.4 is 10.1 Å². The lowest BCUT2D eigenvalue weighted by Gasteiger charge is -2.57. The molecule has 4 aliphatic carbocycles. The van der Waals surface area contributed by atoms with Gasteiger partial charge >= 0.3 is 0 Å². The van der Waals surface area contributed by atoms with Gasteiger partial charge in [0.05, 0.1) is 12.0 Å². The van der Waals surface area contributed by atoms with Crippen LogP contribution in [0.4, 0.5) is 0 Å². The predicted octanol–water partition coefficient (Wildman–Crippen LogP) is 3.57. The van der Waals surface area contributed by atoms with Gasteiger partial charge < -0.3 is 10.1 Å². The number of piperidine rings is 1. The fraction of sp³-hybridized carbons (Fsp3) is 0.708. The van der Waals surface area contributed by atoms with E-state index in [1.807, 2.05) is 0 Å². The van der Waals surface area contributed by atoms with Crippen molar-refractivity contribution < 1.29 is 17.9 Å². The van der Waals surface area contributed by atoms with Crippen LogP contribution in [0.1, 0.15) is 57.8 Å². The maximum Gasteiger partial charge on any atom is 0.243 e. The molecule has 1 aliphatic heterocycles. The molecule has 0 unspecified atom stereocenters. The molecule has 1 saturated heterocycles. The summed E-state index contributed by atoms with van der Waals surface area (Å²) in [6.07, 6.45) is 9.63. The van der Waals surface area contributed by atoms with Crippen LogP contribution in [0.2, 0.25) is 0 Å². The zero-order valence-corrected chi connectivity index (χ0v) is 19.2. The second-order valence-corrected chi connectivity index (χ2v) is 12.4. The zero-order valence-electron chi connectivity index (χ0n) is 18.4. The van der Waals surface area contributed by atoms with Crippen LogP contribution in [-0.4, -0.2) is 44.4 Å². The van der Waals surface area contributed by atoms with E-state index >= 15 is 0 Å². The SMILES string of the molecule is COc1ccc(S(=O)(=O)N2CCC(CC(=O)NC34CC5CC(CC(C5)C3)C4)CC2)cc1. The van der Waals surface area contributed by atoms with E-state index in [1.54, 1.807) is 35.7 Å². The Balaban J connectivity index is 1.14. The summed E-state index contributed by atoms with van der Waals surface area (Å²) < 4.78 is 32.6. The lowest BCUT2D eigenvalue weighted by Crippen LogP contribution is -2.60. The van der Waals surface area contributed by atoms with Crippen LogP contribution in [0.3, 0.4) is 0 Å². The summed E-state index contributed by atoms with van der Waals surface area (Å²) in [5.74, 6) is 3.53. The first kappa shape index (κ1) is 21.3. The number of hydrogen-bond acceptors (Lipinski definition) is 4. The third kappa shape index (κ3) is 4.23. The Kier molecular flexibility index (Phi) is 5.53. The maximum atomic E-state index is 12.9. The van der Waals surface area contributed by atoms with Crippen molar-refractivity contribution in [2.75, 3.05) is 20.2 Å². The fourth-order valence-corrected chi connectivity index (χ4v) is 8.59. The van der Waals surface area contributed by atoms with Crippen LogP contribution in [-0.2, 0) is 14.8 Å². The molecule has 5 aliphatic rings. The lowest BCUT2D eigenvalue weighted by atomic mass is 9.53. The summed E-state index contributed by atoms with van der Waals surface area (Å²) in [7, 11) is -1.93. The second kappa shape index (κ2) is 8.07. The molecule has 6 nitrogen and oxygen atoms in total. The lowest BCUT2D eigenvalue weighted by molar-refractivity contribution is -0.128. The van der Waals surface area contributed by atoms with E-state index in [1.165, 1.54) is 38.5 Å². The Hall–Kier alpha value is -1.60. The molecule has 1 heterocycles.